The van der Waals surface area contributed by atoms with E-state index in [-0.39, 0.29) is 5.97 Å². The molecule has 0 amide bonds. The summed E-state index contributed by atoms with van der Waals surface area (Å²) >= 11 is 0. The van der Waals surface area contributed by atoms with Crippen LogP contribution in [0.1, 0.15) is 6.42 Å². The van der Waals surface area contributed by atoms with Crippen LogP contribution in [0.15, 0.2) is 24.8 Å². The summed E-state index contributed by atoms with van der Waals surface area (Å²) < 4.78 is 4.37. The van der Waals surface area contributed by atoms with E-state index >= 15 is 0 Å². The molecular formula is C7H10O2. The first-order chi connectivity index (χ1) is 4.31. The number of hydrogen-bond donors (Lipinski definition) is 0. The number of carbonyl (C=O) groups is 1. The summed E-state index contributed by atoms with van der Waals surface area (Å²) in [5, 5.41) is 0. The normalized spacial score (nSPS) is 9.44. The molecule has 0 radical (unpaired) electrons. The van der Waals surface area contributed by atoms with E-state index in [4.69, 9.17) is 0 Å². The van der Waals surface area contributed by atoms with Crippen molar-refractivity contribution in [1.82, 2.24) is 0 Å². The smallest absolute Gasteiger partial charge is 0.309 e. The minimum Gasteiger partial charge on any atom is -0.469 e. The van der Waals surface area contributed by atoms with Crippen LogP contribution < -0.4 is 0 Å². The monoisotopic (exact) mass is 126 g/mol. The Morgan fingerprint density at radius 3 is 2.89 bits per heavy atom. The van der Waals surface area contributed by atoms with E-state index in [1.165, 1.54) is 7.11 Å². The van der Waals surface area contributed by atoms with Crippen molar-refractivity contribution in [2.75, 3.05) is 7.11 Å². The lowest BCUT2D eigenvalue weighted by Gasteiger charge is -1.89. The maximum Gasteiger partial charge on any atom is 0.309 e. The predicted molar refractivity (Wildman–Crippen MR) is 36.0 cm³/mol. The zero-order valence-corrected chi connectivity index (χ0v) is 5.46. The molecule has 9 heavy (non-hydrogen) atoms. The van der Waals surface area contributed by atoms with Crippen molar-refractivity contribution >= 4 is 5.97 Å². The van der Waals surface area contributed by atoms with Gasteiger partial charge in [-0.25, -0.2) is 0 Å². The molecule has 0 saturated carbocycles. The van der Waals surface area contributed by atoms with Gasteiger partial charge < -0.3 is 4.74 Å². The van der Waals surface area contributed by atoms with E-state index in [0.717, 1.165) is 0 Å². The first kappa shape index (κ1) is 7.95. The highest BCUT2D eigenvalue weighted by molar-refractivity contribution is 5.70. The summed E-state index contributed by atoms with van der Waals surface area (Å²) in [5.41, 5.74) is 0. The number of carbonyl (C=O) groups excluding carboxylic acids is 1. The van der Waals surface area contributed by atoms with Crippen LogP contribution in [0.25, 0.3) is 0 Å². The van der Waals surface area contributed by atoms with E-state index in [0.29, 0.717) is 6.42 Å². The summed E-state index contributed by atoms with van der Waals surface area (Å²) in [6.45, 7) is 3.44. The molecule has 0 spiro atoms. The minimum absolute atomic E-state index is 0.229. The van der Waals surface area contributed by atoms with Crippen molar-refractivity contribution in [2.24, 2.45) is 0 Å². The molecule has 0 aromatic carbocycles. The van der Waals surface area contributed by atoms with Gasteiger partial charge in [0, 0.05) is 0 Å². The summed E-state index contributed by atoms with van der Waals surface area (Å²) in [6.07, 6.45) is 5.33. The van der Waals surface area contributed by atoms with Crippen LogP contribution in [0.5, 0.6) is 0 Å². The van der Waals surface area contributed by atoms with Gasteiger partial charge in [-0.2, -0.15) is 0 Å². The first-order valence-corrected chi connectivity index (χ1v) is 2.65. The zero-order chi connectivity index (χ0) is 7.11. The van der Waals surface area contributed by atoms with E-state index in [1.807, 2.05) is 0 Å². The quantitative estimate of drug-likeness (QED) is 0.420. The third kappa shape index (κ3) is 4.81. The summed E-state index contributed by atoms with van der Waals surface area (Å²) in [4.78, 5) is 10.4. The lowest BCUT2D eigenvalue weighted by atomic mass is 10.4. The number of rotatable bonds is 3. The highest BCUT2D eigenvalue weighted by Gasteiger charge is 1.91. The lowest BCUT2D eigenvalue weighted by molar-refractivity contribution is -0.139. The van der Waals surface area contributed by atoms with E-state index in [2.05, 4.69) is 11.3 Å². The minimum atomic E-state index is -0.229. The average molecular weight is 126 g/mol. The maximum absolute atomic E-state index is 10.4. The van der Waals surface area contributed by atoms with Gasteiger partial charge in [-0.3, -0.25) is 4.79 Å². The second-order valence-corrected chi connectivity index (χ2v) is 1.44. The highest BCUT2D eigenvalue weighted by atomic mass is 16.5. The van der Waals surface area contributed by atoms with Crippen LogP contribution in [0.4, 0.5) is 0 Å². The molecule has 0 N–H and O–H groups in total. The van der Waals surface area contributed by atoms with Crippen molar-refractivity contribution in [3.8, 4) is 0 Å². The molecule has 2 nitrogen and oxygen atoms in total. The average Bonchev–Trinajstić information content (AvgIpc) is 1.89. The Labute approximate surface area is 54.8 Å². The Kier molecular flexibility index (Phi) is 4.50. The van der Waals surface area contributed by atoms with Gasteiger partial charge in [-0.1, -0.05) is 24.8 Å². The summed E-state index contributed by atoms with van der Waals surface area (Å²) in [7, 11) is 1.37. The summed E-state index contributed by atoms with van der Waals surface area (Å²) in [5.74, 6) is -0.229. The predicted octanol–water partition coefficient (Wildman–Crippen LogP) is 1.29. The number of methoxy groups -OCH3 is 1. The Morgan fingerprint density at radius 2 is 2.44 bits per heavy atom. The lowest BCUT2D eigenvalue weighted by Crippen LogP contribution is -1.96. The fraction of sp³-hybridized carbons (Fsp3) is 0.286. The number of hydrogen-bond acceptors (Lipinski definition) is 2. The largest absolute Gasteiger partial charge is 0.469 e. The molecular weight excluding hydrogens is 116 g/mol. The van der Waals surface area contributed by atoms with Crippen LogP contribution in [0, 0.1) is 0 Å². The van der Waals surface area contributed by atoms with Gasteiger partial charge in [0.05, 0.1) is 13.5 Å². The molecule has 50 valence electrons. The van der Waals surface area contributed by atoms with Crippen LogP contribution >= 0.6 is 0 Å². The first-order valence-electron chi connectivity index (χ1n) is 2.65. The zero-order valence-electron chi connectivity index (χ0n) is 5.46. The van der Waals surface area contributed by atoms with Gasteiger partial charge in [-0.05, 0) is 0 Å². The molecule has 0 aliphatic rings. The van der Waals surface area contributed by atoms with Crippen LogP contribution in [-0.2, 0) is 9.53 Å². The Morgan fingerprint density at radius 1 is 1.78 bits per heavy atom. The Hall–Kier alpha value is -1.05. The molecule has 0 aliphatic carbocycles. The molecule has 0 rings (SSSR count). The molecule has 0 aliphatic heterocycles. The van der Waals surface area contributed by atoms with E-state index in [1.54, 1.807) is 18.2 Å². The molecule has 0 aromatic heterocycles. The van der Waals surface area contributed by atoms with Crippen molar-refractivity contribution in [2.45, 2.75) is 6.42 Å². The Bertz CT molecular complexity index is 125. The molecule has 0 unspecified atom stereocenters. The van der Waals surface area contributed by atoms with Crippen LogP contribution in [-0.4, -0.2) is 13.1 Å². The van der Waals surface area contributed by atoms with Gasteiger partial charge in [0.2, 0.25) is 0 Å². The van der Waals surface area contributed by atoms with Gasteiger partial charge in [0.1, 0.15) is 0 Å². The van der Waals surface area contributed by atoms with Crippen molar-refractivity contribution in [3.63, 3.8) is 0 Å². The standard InChI is InChI=1S/C7H10O2/c1-3-4-5-6-7(8)9-2/h3-5H,1,6H2,2H3. The Balaban J connectivity index is 3.37. The highest BCUT2D eigenvalue weighted by Crippen LogP contribution is 1.85. The van der Waals surface area contributed by atoms with Crippen molar-refractivity contribution < 1.29 is 9.53 Å². The molecule has 0 bridgehead atoms. The van der Waals surface area contributed by atoms with E-state index in [9.17, 15) is 4.79 Å². The van der Waals surface area contributed by atoms with Gasteiger partial charge >= 0.3 is 5.97 Å². The van der Waals surface area contributed by atoms with E-state index < -0.39 is 0 Å². The van der Waals surface area contributed by atoms with Crippen LogP contribution in [0.3, 0.4) is 0 Å². The number of ether oxygens (including phenoxy) is 1. The van der Waals surface area contributed by atoms with Gasteiger partial charge in [0.25, 0.3) is 0 Å². The molecule has 0 fully saturated rings. The topological polar surface area (TPSA) is 26.3 Å². The molecule has 0 heterocycles. The van der Waals surface area contributed by atoms with Crippen LogP contribution in [0.2, 0.25) is 0 Å². The molecule has 0 saturated heterocycles. The fourth-order valence-electron chi connectivity index (χ4n) is 0.344. The second kappa shape index (κ2) is 5.09. The molecule has 0 atom stereocenters. The molecule has 2 heteroatoms. The number of esters is 1. The van der Waals surface area contributed by atoms with Gasteiger partial charge in [0.15, 0.2) is 0 Å². The third-order valence-corrected chi connectivity index (χ3v) is 0.784. The molecule has 0 aromatic rings. The van der Waals surface area contributed by atoms with Crippen molar-refractivity contribution in [3.05, 3.63) is 24.8 Å². The SMILES string of the molecule is C=CC=CCC(=O)OC. The summed E-state index contributed by atoms with van der Waals surface area (Å²) in [6, 6.07) is 0. The fourth-order valence-corrected chi connectivity index (χ4v) is 0.344. The second-order valence-electron chi connectivity index (χ2n) is 1.44. The maximum atomic E-state index is 10.4. The van der Waals surface area contributed by atoms with Gasteiger partial charge in [-0.15, -0.1) is 0 Å². The van der Waals surface area contributed by atoms with Crippen molar-refractivity contribution in [1.29, 1.82) is 0 Å². The number of allylic oxidation sites excluding steroid dienone is 2. The third-order valence-electron chi connectivity index (χ3n) is 0.784.